The number of halogens is 2. The van der Waals surface area contributed by atoms with Crippen LogP contribution in [0, 0.1) is 5.92 Å². The molecule has 3 atom stereocenters. The number of hydrogen-bond donors (Lipinski definition) is 2. The lowest BCUT2D eigenvalue weighted by atomic mass is 9.93. The number of benzene rings is 1. The minimum absolute atomic E-state index is 0.574. The molecular weight excluding hydrogens is 324 g/mol. The summed E-state index contributed by atoms with van der Waals surface area (Å²) in [5.74, 6) is 0.758. The molecule has 1 aromatic rings. The van der Waals surface area contributed by atoms with Crippen molar-refractivity contribution in [3.05, 3.63) is 27.7 Å². The lowest BCUT2D eigenvalue weighted by Crippen LogP contribution is -2.38. The Hall–Kier alpha value is -0.250. The fraction of sp³-hybridized carbons (Fsp3) is 0.600. The van der Waals surface area contributed by atoms with Crippen LogP contribution in [0.4, 0.5) is 5.69 Å². The normalized spacial score (nSPS) is 30.7. The van der Waals surface area contributed by atoms with E-state index >= 15 is 0 Å². The lowest BCUT2D eigenvalue weighted by molar-refractivity contribution is 0.376. The van der Waals surface area contributed by atoms with Crippen LogP contribution in [0.3, 0.4) is 0 Å². The predicted octanol–water partition coefficient (Wildman–Crippen LogP) is 4.44. The molecule has 2 nitrogen and oxygen atoms in total. The van der Waals surface area contributed by atoms with Gasteiger partial charge in [0.1, 0.15) is 0 Å². The molecule has 1 saturated carbocycles. The Morgan fingerprint density at radius 3 is 2.89 bits per heavy atom. The summed E-state index contributed by atoms with van der Waals surface area (Å²) in [6.45, 7) is 1.19. The zero-order chi connectivity index (χ0) is 13.2. The molecule has 0 spiro atoms. The van der Waals surface area contributed by atoms with Gasteiger partial charge in [0.05, 0.1) is 5.69 Å². The largest absolute Gasteiger partial charge is 0.381 e. The van der Waals surface area contributed by atoms with Crippen LogP contribution in [0.2, 0.25) is 5.02 Å². The van der Waals surface area contributed by atoms with E-state index in [1.807, 2.05) is 18.2 Å². The van der Waals surface area contributed by atoms with Crippen molar-refractivity contribution in [1.82, 2.24) is 5.32 Å². The quantitative estimate of drug-likeness (QED) is 0.848. The first kappa shape index (κ1) is 13.7. The van der Waals surface area contributed by atoms with Gasteiger partial charge in [0.2, 0.25) is 0 Å². The molecule has 3 unspecified atom stereocenters. The maximum atomic E-state index is 6.09. The predicted molar refractivity (Wildman–Crippen MR) is 84.9 cm³/mol. The summed E-state index contributed by atoms with van der Waals surface area (Å²) in [6.07, 6.45) is 6.60. The highest BCUT2D eigenvalue weighted by molar-refractivity contribution is 9.10. The molecule has 2 aliphatic rings. The molecule has 0 radical (unpaired) electrons. The van der Waals surface area contributed by atoms with Crippen molar-refractivity contribution in [2.24, 2.45) is 5.92 Å². The van der Waals surface area contributed by atoms with E-state index in [2.05, 4.69) is 26.6 Å². The molecule has 1 saturated heterocycles. The molecule has 2 fully saturated rings. The molecule has 0 bridgehead atoms. The first-order valence-electron chi connectivity index (χ1n) is 7.19. The molecular formula is C15H20BrClN2. The average Bonchev–Trinajstić information content (AvgIpc) is 3.03. The third kappa shape index (κ3) is 3.09. The fourth-order valence-corrected chi connectivity index (χ4v) is 4.07. The van der Waals surface area contributed by atoms with Crippen molar-refractivity contribution >= 4 is 33.2 Å². The highest BCUT2D eigenvalue weighted by Gasteiger charge is 2.35. The Morgan fingerprint density at radius 2 is 2.11 bits per heavy atom. The summed E-state index contributed by atoms with van der Waals surface area (Å²) in [4.78, 5) is 0. The zero-order valence-corrected chi connectivity index (χ0v) is 13.3. The highest BCUT2D eigenvalue weighted by Crippen LogP contribution is 2.36. The molecule has 1 aliphatic heterocycles. The van der Waals surface area contributed by atoms with E-state index in [4.69, 9.17) is 11.6 Å². The maximum Gasteiger partial charge on any atom is 0.0501 e. The first-order chi connectivity index (χ1) is 9.24. The van der Waals surface area contributed by atoms with E-state index in [1.165, 1.54) is 38.6 Å². The van der Waals surface area contributed by atoms with E-state index in [0.717, 1.165) is 21.1 Å². The Kier molecular flexibility index (Phi) is 4.35. The van der Waals surface area contributed by atoms with Crippen molar-refractivity contribution in [2.75, 3.05) is 11.9 Å². The van der Waals surface area contributed by atoms with E-state index < -0.39 is 0 Å². The summed E-state index contributed by atoms with van der Waals surface area (Å²) in [6, 6.07) is 7.23. The highest BCUT2D eigenvalue weighted by atomic mass is 79.9. The maximum absolute atomic E-state index is 6.09. The number of nitrogens with one attached hydrogen (secondary N) is 2. The van der Waals surface area contributed by atoms with Crippen LogP contribution in [-0.4, -0.2) is 18.6 Å². The molecule has 104 valence electrons. The Balaban J connectivity index is 1.72. The number of hydrogen-bond acceptors (Lipinski definition) is 2. The van der Waals surface area contributed by atoms with Crippen LogP contribution in [0.5, 0.6) is 0 Å². The minimum Gasteiger partial charge on any atom is -0.381 e. The van der Waals surface area contributed by atoms with Gasteiger partial charge >= 0.3 is 0 Å². The molecule has 19 heavy (non-hydrogen) atoms. The SMILES string of the molecule is Clc1ccc(Br)c(NC2CCCC2C2CCCN2)c1. The summed E-state index contributed by atoms with van der Waals surface area (Å²) < 4.78 is 1.10. The van der Waals surface area contributed by atoms with Crippen molar-refractivity contribution in [2.45, 2.75) is 44.2 Å². The fourth-order valence-electron chi connectivity index (χ4n) is 3.53. The monoisotopic (exact) mass is 342 g/mol. The first-order valence-corrected chi connectivity index (χ1v) is 8.36. The van der Waals surface area contributed by atoms with E-state index in [9.17, 15) is 0 Å². The topological polar surface area (TPSA) is 24.1 Å². The second-order valence-electron chi connectivity index (χ2n) is 5.67. The number of rotatable bonds is 3. The third-order valence-corrected chi connectivity index (χ3v) is 5.38. The van der Waals surface area contributed by atoms with Gasteiger partial charge in [0.25, 0.3) is 0 Å². The Bertz CT molecular complexity index is 446. The lowest BCUT2D eigenvalue weighted by Gasteiger charge is -2.27. The molecule has 0 amide bonds. The summed E-state index contributed by atoms with van der Waals surface area (Å²) in [7, 11) is 0. The molecule has 1 heterocycles. The van der Waals surface area contributed by atoms with Crippen LogP contribution < -0.4 is 10.6 Å². The second kappa shape index (κ2) is 6.02. The van der Waals surface area contributed by atoms with Crippen molar-refractivity contribution in [3.8, 4) is 0 Å². The molecule has 3 rings (SSSR count). The van der Waals surface area contributed by atoms with Crippen LogP contribution in [0.1, 0.15) is 32.1 Å². The van der Waals surface area contributed by atoms with Gasteiger partial charge in [0, 0.05) is 21.6 Å². The average molecular weight is 344 g/mol. The van der Waals surface area contributed by atoms with Crippen LogP contribution in [0.15, 0.2) is 22.7 Å². The second-order valence-corrected chi connectivity index (χ2v) is 6.96. The van der Waals surface area contributed by atoms with Gasteiger partial charge < -0.3 is 10.6 Å². The Morgan fingerprint density at radius 1 is 1.21 bits per heavy atom. The smallest absolute Gasteiger partial charge is 0.0501 e. The standard InChI is InChI=1S/C15H20BrClN2/c16-12-7-6-10(17)9-15(12)19-14-4-1-3-11(14)13-5-2-8-18-13/h6-7,9,11,13-14,18-19H,1-5,8H2. The van der Waals surface area contributed by atoms with E-state index in [-0.39, 0.29) is 0 Å². The van der Waals surface area contributed by atoms with Crippen LogP contribution in [-0.2, 0) is 0 Å². The van der Waals surface area contributed by atoms with Gasteiger partial charge in [-0.1, -0.05) is 18.0 Å². The molecule has 1 aliphatic carbocycles. The molecule has 1 aromatic carbocycles. The summed E-state index contributed by atoms with van der Waals surface area (Å²) >= 11 is 9.70. The van der Waals surface area contributed by atoms with E-state index in [0.29, 0.717) is 12.1 Å². The van der Waals surface area contributed by atoms with Crippen molar-refractivity contribution in [3.63, 3.8) is 0 Å². The van der Waals surface area contributed by atoms with Gasteiger partial charge in [-0.3, -0.25) is 0 Å². The zero-order valence-electron chi connectivity index (χ0n) is 11.0. The summed E-state index contributed by atoms with van der Waals surface area (Å²) in [5.41, 5.74) is 1.13. The molecule has 4 heteroatoms. The molecule has 2 N–H and O–H groups in total. The van der Waals surface area contributed by atoms with Crippen LogP contribution in [0.25, 0.3) is 0 Å². The van der Waals surface area contributed by atoms with Gasteiger partial charge in [-0.25, -0.2) is 0 Å². The van der Waals surface area contributed by atoms with Gasteiger partial charge in [-0.2, -0.15) is 0 Å². The third-order valence-electron chi connectivity index (χ3n) is 4.45. The van der Waals surface area contributed by atoms with E-state index in [1.54, 1.807) is 0 Å². The molecule has 0 aromatic heterocycles. The van der Waals surface area contributed by atoms with Crippen molar-refractivity contribution in [1.29, 1.82) is 0 Å². The summed E-state index contributed by atoms with van der Waals surface area (Å²) in [5, 5.41) is 8.16. The van der Waals surface area contributed by atoms with Gasteiger partial charge in [-0.15, -0.1) is 0 Å². The number of anilines is 1. The van der Waals surface area contributed by atoms with Gasteiger partial charge in [0.15, 0.2) is 0 Å². The van der Waals surface area contributed by atoms with Crippen LogP contribution >= 0.6 is 27.5 Å². The van der Waals surface area contributed by atoms with Crippen molar-refractivity contribution < 1.29 is 0 Å². The Labute approximate surface area is 128 Å². The minimum atomic E-state index is 0.574. The van der Waals surface area contributed by atoms with Gasteiger partial charge in [-0.05, 0) is 72.3 Å².